The van der Waals surface area contributed by atoms with E-state index in [2.05, 4.69) is 79.8 Å². The summed E-state index contributed by atoms with van der Waals surface area (Å²) in [5.41, 5.74) is 2.74. The van der Waals surface area contributed by atoms with Crippen LogP contribution in [0, 0.1) is 5.92 Å². The number of carbonyl (C=O) groups is 1. The van der Waals surface area contributed by atoms with E-state index in [0.29, 0.717) is 18.5 Å². The van der Waals surface area contributed by atoms with Crippen molar-refractivity contribution in [3.8, 4) is 0 Å². The van der Waals surface area contributed by atoms with Gasteiger partial charge in [-0.05, 0) is 5.92 Å². The van der Waals surface area contributed by atoms with E-state index in [1.165, 1.54) is 16.0 Å². The average Bonchev–Trinajstić information content (AvgIpc) is 2.70. The predicted molar refractivity (Wildman–Crippen MR) is 109 cm³/mol. The summed E-state index contributed by atoms with van der Waals surface area (Å²) in [6.45, 7) is 9.88. The van der Waals surface area contributed by atoms with Gasteiger partial charge in [0.15, 0.2) is 6.54 Å². The maximum absolute atomic E-state index is 12.1. The lowest BCUT2D eigenvalue weighted by molar-refractivity contribution is -1.02. The molecule has 1 aliphatic rings. The first-order valence-electron chi connectivity index (χ1n) is 10.2. The Labute approximate surface area is 163 Å². The van der Waals surface area contributed by atoms with Gasteiger partial charge in [-0.15, -0.1) is 0 Å². The lowest BCUT2D eigenvalue weighted by Gasteiger charge is -2.35. The molecule has 0 bridgehead atoms. The molecule has 2 aromatic carbocycles. The molecule has 27 heavy (non-hydrogen) atoms. The number of quaternary nitrogens is 2. The molecule has 0 spiro atoms. The molecule has 3 N–H and O–H groups in total. The van der Waals surface area contributed by atoms with Crippen LogP contribution in [0.1, 0.15) is 31.0 Å². The fourth-order valence-electron chi connectivity index (χ4n) is 3.95. The SMILES string of the molecule is CC(C)CNC(=O)C[NH+]1CC[NH+](C(c2ccccc2)c2ccccc2)CC1. The Balaban J connectivity index is 1.63. The van der Waals surface area contributed by atoms with E-state index < -0.39 is 0 Å². The fraction of sp³-hybridized carbons (Fsp3) is 0.435. The Bertz CT molecular complexity index is 655. The Hall–Kier alpha value is -2.17. The zero-order valence-electron chi connectivity index (χ0n) is 16.6. The summed E-state index contributed by atoms with van der Waals surface area (Å²) in [5, 5.41) is 3.05. The van der Waals surface area contributed by atoms with Crippen molar-refractivity contribution in [2.75, 3.05) is 39.3 Å². The molecule has 0 unspecified atom stereocenters. The molecule has 0 saturated carbocycles. The van der Waals surface area contributed by atoms with Crippen LogP contribution in [0.2, 0.25) is 0 Å². The Morgan fingerprint density at radius 1 is 0.889 bits per heavy atom. The van der Waals surface area contributed by atoms with Crippen LogP contribution < -0.4 is 15.1 Å². The molecule has 1 heterocycles. The third-order valence-corrected chi connectivity index (χ3v) is 5.39. The van der Waals surface area contributed by atoms with Crippen molar-refractivity contribution >= 4 is 5.91 Å². The second-order valence-corrected chi connectivity index (χ2v) is 8.04. The Morgan fingerprint density at radius 3 is 1.89 bits per heavy atom. The lowest BCUT2D eigenvalue weighted by Crippen LogP contribution is -3.28. The van der Waals surface area contributed by atoms with E-state index in [-0.39, 0.29) is 5.91 Å². The number of rotatable bonds is 7. The molecule has 1 fully saturated rings. The fourth-order valence-corrected chi connectivity index (χ4v) is 3.95. The zero-order chi connectivity index (χ0) is 19.1. The van der Waals surface area contributed by atoms with E-state index in [1.807, 2.05) is 0 Å². The first-order chi connectivity index (χ1) is 13.1. The van der Waals surface area contributed by atoms with Crippen LogP contribution in [0.15, 0.2) is 60.7 Å². The van der Waals surface area contributed by atoms with Gasteiger partial charge in [-0.2, -0.15) is 0 Å². The van der Waals surface area contributed by atoms with E-state index in [9.17, 15) is 4.79 Å². The maximum Gasteiger partial charge on any atom is 0.275 e. The van der Waals surface area contributed by atoms with Gasteiger partial charge in [-0.3, -0.25) is 4.79 Å². The minimum atomic E-state index is 0.185. The number of piperazine rings is 1. The normalized spacial score (nSPS) is 20.0. The third kappa shape index (κ3) is 5.65. The van der Waals surface area contributed by atoms with Crippen molar-refractivity contribution in [3.05, 3.63) is 71.8 Å². The van der Waals surface area contributed by atoms with Gasteiger partial charge in [0, 0.05) is 17.7 Å². The highest BCUT2D eigenvalue weighted by Gasteiger charge is 2.32. The first kappa shape index (κ1) is 19.6. The molecule has 0 radical (unpaired) electrons. The molecule has 1 saturated heterocycles. The summed E-state index contributed by atoms with van der Waals surface area (Å²) >= 11 is 0. The summed E-state index contributed by atoms with van der Waals surface area (Å²) in [5.74, 6) is 0.688. The summed E-state index contributed by atoms with van der Waals surface area (Å²) in [6, 6.07) is 22.0. The van der Waals surface area contributed by atoms with Crippen molar-refractivity contribution in [1.29, 1.82) is 0 Å². The molecule has 1 amide bonds. The molecule has 3 rings (SSSR count). The quantitative estimate of drug-likeness (QED) is 0.648. The molecular weight excluding hydrogens is 334 g/mol. The molecule has 0 atom stereocenters. The van der Waals surface area contributed by atoms with Crippen molar-refractivity contribution < 1.29 is 14.6 Å². The molecule has 4 heteroatoms. The molecule has 144 valence electrons. The van der Waals surface area contributed by atoms with E-state index in [1.54, 1.807) is 4.90 Å². The van der Waals surface area contributed by atoms with Crippen molar-refractivity contribution in [2.45, 2.75) is 19.9 Å². The minimum Gasteiger partial charge on any atom is -0.351 e. The Kier molecular flexibility index (Phi) is 7.02. The summed E-state index contributed by atoms with van der Waals surface area (Å²) in [7, 11) is 0. The monoisotopic (exact) mass is 367 g/mol. The van der Waals surface area contributed by atoms with Gasteiger partial charge in [0.1, 0.15) is 32.2 Å². The van der Waals surface area contributed by atoms with E-state index in [4.69, 9.17) is 0 Å². The molecule has 0 aromatic heterocycles. The van der Waals surface area contributed by atoms with Gasteiger partial charge in [0.25, 0.3) is 5.91 Å². The molecule has 1 aliphatic heterocycles. The molecule has 4 nitrogen and oxygen atoms in total. The van der Waals surface area contributed by atoms with Crippen LogP contribution in [0.4, 0.5) is 0 Å². The third-order valence-electron chi connectivity index (χ3n) is 5.39. The number of carbonyl (C=O) groups excluding carboxylic acids is 1. The van der Waals surface area contributed by atoms with Gasteiger partial charge in [-0.1, -0.05) is 74.5 Å². The van der Waals surface area contributed by atoms with Crippen LogP contribution in [-0.4, -0.2) is 45.2 Å². The number of hydrogen-bond acceptors (Lipinski definition) is 1. The predicted octanol–water partition coefficient (Wildman–Crippen LogP) is 0.332. The van der Waals surface area contributed by atoms with Crippen LogP contribution in [-0.2, 0) is 4.79 Å². The van der Waals surface area contributed by atoms with E-state index >= 15 is 0 Å². The number of benzene rings is 2. The largest absolute Gasteiger partial charge is 0.351 e. The molecular formula is C23H33N3O+2. The van der Waals surface area contributed by atoms with Gasteiger partial charge < -0.3 is 15.1 Å². The highest BCUT2D eigenvalue weighted by molar-refractivity contribution is 5.76. The van der Waals surface area contributed by atoms with Crippen LogP contribution in [0.3, 0.4) is 0 Å². The topological polar surface area (TPSA) is 38.0 Å². The molecule has 2 aromatic rings. The second kappa shape index (κ2) is 9.67. The molecule has 0 aliphatic carbocycles. The van der Waals surface area contributed by atoms with Gasteiger partial charge in [0.2, 0.25) is 0 Å². The van der Waals surface area contributed by atoms with Crippen molar-refractivity contribution in [1.82, 2.24) is 5.32 Å². The van der Waals surface area contributed by atoms with Gasteiger partial charge in [-0.25, -0.2) is 0 Å². The number of nitrogens with one attached hydrogen (secondary N) is 3. The average molecular weight is 368 g/mol. The maximum atomic E-state index is 12.1. The van der Waals surface area contributed by atoms with Gasteiger partial charge in [0.05, 0.1) is 0 Å². The Morgan fingerprint density at radius 2 is 1.41 bits per heavy atom. The highest BCUT2D eigenvalue weighted by atomic mass is 16.2. The summed E-state index contributed by atoms with van der Waals surface area (Å²) in [4.78, 5) is 15.1. The number of hydrogen-bond donors (Lipinski definition) is 3. The summed E-state index contributed by atoms with van der Waals surface area (Å²) < 4.78 is 0. The zero-order valence-corrected chi connectivity index (χ0v) is 16.6. The van der Waals surface area contributed by atoms with Crippen molar-refractivity contribution in [2.24, 2.45) is 5.92 Å². The van der Waals surface area contributed by atoms with Crippen LogP contribution >= 0.6 is 0 Å². The van der Waals surface area contributed by atoms with Crippen LogP contribution in [0.5, 0.6) is 0 Å². The van der Waals surface area contributed by atoms with E-state index in [0.717, 1.165) is 32.7 Å². The standard InChI is InChI=1S/C23H31N3O/c1-19(2)17-24-22(27)18-25-13-15-26(16-14-25)23(20-9-5-3-6-10-20)21-11-7-4-8-12-21/h3-12,19,23H,13-18H2,1-2H3,(H,24,27)/p+2. The number of amides is 1. The highest BCUT2D eigenvalue weighted by Crippen LogP contribution is 2.18. The first-order valence-corrected chi connectivity index (χ1v) is 10.2. The lowest BCUT2D eigenvalue weighted by atomic mass is 9.96. The van der Waals surface area contributed by atoms with Gasteiger partial charge >= 0.3 is 0 Å². The summed E-state index contributed by atoms with van der Waals surface area (Å²) in [6.07, 6.45) is 0. The minimum absolute atomic E-state index is 0.185. The van der Waals surface area contributed by atoms with Crippen LogP contribution in [0.25, 0.3) is 0 Å². The smallest absolute Gasteiger partial charge is 0.275 e. The van der Waals surface area contributed by atoms with Crippen molar-refractivity contribution in [3.63, 3.8) is 0 Å². The second-order valence-electron chi connectivity index (χ2n) is 8.04.